The molecule has 0 aliphatic rings. The Kier molecular flexibility index (Phi) is 2.88. The molecule has 0 amide bonds. The quantitative estimate of drug-likeness (QED) is 0.686. The Morgan fingerprint density at radius 1 is 1.64 bits per heavy atom. The number of nitrogens with zero attached hydrogens (tertiary/aromatic N) is 4. The fourth-order valence-electron chi connectivity index (χ4n) is 0.903. The SMILES string of the molecule is CN(C)S(=O)(=O)n1ccnc1CC#N. The lowest BCUT2D eigenvalue weighted by Crippen LogP contribution is -2.29. The second kappa shape index (κ2) is 3.77. The summed E-state index contributed by atoms with van der Waals surface area (Å²) >= 11 is 0. The summed E-state index contributed by atoms with van der Waals surface area (Å²) in [5.74, 6) is 0.223. The van der Waals surface area contributed by atoms with Gasteiger partial charge in [-0.05, 0) is 0 Å². The monoisotopic (exact) mass is 214 g/mol. The molecule has 0 radical (unpaired) electrons. The Morgan fingerprint density at radius 3 is 2.79 bits per heavy atom. The van der Waals surface area contributed by atoms with Gasteiger partial charge in [-0.3, -0.25) is 0 Å². The molecule has 0 aromatic carbocycles. The predicted molar refractivity (Wildman–Crippen MR) is 49.5 cm³/mol. The second-order valence-corrected chi connectivity index (χ2v) is 4.78. The molecule has 0 saturated carbocycles. The Balaban J connectivity index is 3.21. The first kappa shape index (κ1) is 10.7. The lowest BCUT2D eigenvalue weighted by molar-refractivity contribution is 0.509. The molecule has 76 valence electrons. The molecule has 0 N–H and O–H groups in total. The number of imidazole rings is 1. The van der Waals surface area contributed by atoms with Crippen molar-refractivity contribution in [1.29, 1.82) is 5.26 Å². The molecule has 0 bridgehead atoms. The Morgan fingerprint density at radius 2 is 2.29 bits per heavy atom. The summed E-state index contributed by atoms with van der Waals surface area (Å²) < 4.78 is 25.3. The lowest BCUT2D eigenvalue weighted by Gasteiger charge is -2.12. The predicted octanol–water partition coefficient (Wildman–Crippen LogP) is -0.396. The van der Waals surface area contributed by atoms with Gasteiger partial charge < -0.3 is 0 Å². The first-order valence-electron chi connectivity index (χ1n) is 3.82. The maximum atomic E-state index is 11.6. The van der Waals surface area contributed by atoms with Gasteiger partial charge in [0.2, 0.25) is 0 Å². The highest BCUT2D eigenvalue weighted by Gasteiger charge is 2.19. The summed E-state index contributed by atoms with van der Waals surface area (Å²) in [6.45, 7) is 0. The van der Waals surface area contributed by atoms with Gasteiger partial charge in [-0.1, -0.05) is 0 Å². The van der Waals surface area contributed by atoms with Crippen LogP contribution in [0.25, 0.3) is 0 Å². The number of hydrogen-bond acceptors (Lipinski definition) is 4. The van der Waals surface area contributed by atoms with Crippen molar-refractivity contribution in [2.24, 2.45) is 0 Å². The fourth-order valence-corrected chi connectivity index (χ4v) is 1.84. The minimum Gasteiger partial charge on any atom is -0.239 e. The lowest BCUT2D eigenvalue weighted by atomic mass is 10.5. The van der Waals surface area contributed by atoms with Crippen LogP contribution in [0.3, 0.4) is 0 Å². The summed E-state index contributed by atoms with van der Waals surface area (Å²) in [6.07, 6.45) is 2.65. The topological polar surface area (TPSA) is 79.0 Å². The molecule has 1 heterocycles. The highest BCUT2D eigenvalue weighted by molar-refractivity contribution is 7.87. The van der Waals surface area contributed by atoms with Gasteiger partial charge in [-0.15, -0.1) is 0 Å². The van der Waals surface area contributed by atoms with E-state index in [4.69, 9.17) is 5.26 Å². The van der Waals surface area contributed by atoms with Crippen LogP contribution >= 0.6 is 0 Å². The molecule has 0 unspecified atom stereocenters. The van der Waals surface area contributed by atoms with Gasteiger partial charge in [0, 0.05) is 26.5 Å². The van der Waals surface area contributed by atoms with Gasteiger partial charge in [-0.2, -0.15) is 18.0 Å². The third-order valence-electron chi connectivity index (χ3n) is 1.63. The molecule has 0 saturated heterocycles. The van der Waals surface area contributed by atoms with Gasteiger partial charge >= 0.3 is 10.2 Å². The summed E-state index contributed by atoms with van der Waals surface area (Å²) in [5.41, 5.74) is 0. The van der Waals surface area contributed by atoms with Crippen LogP contribution in [-0.2, 0) is 16.6 Å². The largest absolute Gasteiger partial charge is 0.308 e. The van der Waals surface area contributed by atoms with E-state index < -0.39 is 10.2 Å². The van der Waals surface area contributed by atoms with Crippen LogP contribution in [0.1, 0.15) is 5.82 Å². The smallest absolute Gasteiger partial charge is 0.239 e. The number of nitriles is 1. The summed E-state index contributed by atoms with van der Waals surface area (Å²) in [6, 6.07) is 1.86. The van der Waals surface area contributed by atoms with Crippen LogP contribution in [0, 0.1) is 11.3 Å². The van der Waals surface area contributed by atoms with Gasteiger partial charge in [0.15, 0.2) is 0 Å². The van der Waals surface area contributed by atoms with E-state index in [2.05, 4.69) is 4.98 Å². The minimum absolute atomic E-state index is 0.0277. The van der Waals surface area contributed by atoms with E-state index in [1.54, 1.807) is 0 Å². The van der Waals surface area contributed by atoms with E-state index >= 15 is 0 Å². The number of aromatic nitrogens is 2. The molecule has 0 aliphatic heterocycles. The van der Waals surface area contributed by atoms with E-state index in [1.807, 2.05) is 6.07 Å². The zero-order valence-corrected chi connectivity index (χ0v) is 8.69. The zero-order valence-electron chi connectivity index (χ0n) is 7.88. The maximum absolute atomic E-state index is 11.6. The van der Waals surface area contributed by atoms with Crippen molar-refractivity contribution < 1.29 is 8.42 Å². The van der Waals surface area contributed by atoms with Crippen molar-refractivity contribution in [2.45, 2.75) is 6.42 Å². The third kappa shape index (κ3) is 1.76. The molecule has 6 nitrogen and oxygen atoms in total. The Hall–Kier alpha value is -1.39. The van der Waals surface area contributed by atoms with Crippen LogP contribution in [-0.4, -0.2) is 35.8 Å². The number of rotatable bonds is 3. The molecule has 0 spiro atoms. The second-order valence-electron chi connectivity index (χ2n) is 2.76. The van der Waals surface area contributed by atoms with Crippen molar-refractivity contribution in [3.8, 4) is 6.07 Å². The first-order chi connectivity index (χ1) is 6.50. The van der Waals surface area contributed by atoms with Gasteiger partial charge in [0.05, 0.1) is 12.5 Å². The number of hydrogen-bond donors (Lipinski definition) is 0. The molecule has 0 atom stereocenters. The summed E-state index contributed by atoms with van der Waals surface area (Å²) in [4.78, 5) is 3.79. The van der Waals surface area contributed by atoms with E-state index in [9.17, 15) is 8.42 Å². The van der Waals surface area contributed by atoms with Crippen molar-refractivity contribution in [3.05, 3.63) is 18.2 Å². The van der Waals surface area contributed by atoms with Gasteiger partial charge in [0.25, 0.3) is 0 Å². The molecule has 1 aromatic heterocycles. The Bertz CT molecular complexity index is 454. The molecular weight excluding hydrogens is 204 g/mol. The fraction of sp³-hybridized carbons (Fsp3) is 0.429. The van der Waals surface area contributed by atoms with E-state index in [0.29, 0.717) is 0 Å². The summed E-state index contributed by atoms with van der Waals surface area (Å²) in [7, 11) is -0.706. The van der Waals surface area contributed by atoms with Crippen LogP contribution < -0.4 is 0 Å². The minimum atomic E-state index is -3.55. The Labute approximate surface area is 82.6 Å². The molecule has 1 aromatic rings. The molecule has 14 heavy (non-hydrogen) atoms. The maximum Gasteiger partial charge on any atom is 0.308 e. The first-order valence-corrected chi connectivity index (χ1v) is 5.22. The van der Waals surface area contributed by atoms with E-state index in [0.717, 1.165) is 8.28 Å². The van der Waals surface area contributed by atoms with Crippen LogP contribution in [0.15, 0.2) is 12.4 Å². The van der Waals surface area contributed by atoms with Crippen molar-refractivity contribution in [2.75, 3.05) is 14.1 Å². The molecule has 0 fully saturated rings. The van der Waals surface area contributed by atoms with Gasteiger partial charge in [0.1, 0.15) is 5.82 Å². The van der Waals surface area contributed by atoms with Crippen molar-refractivity contribution in [1.82, 2.24) is 13.3 Å². The van der Waals surface area contributed by atoms with Gasteiger partial charge in [-0.25, -0.2) is 8.96 Å². The standard InChI is InChI=1S/C7H10N4O2S/c1-10(2)14(12,13)11-6-5-9-7(11)3-4-8/h5-6H,3H2,1-2H3. The highest BCUT2D eigenvalue weighted by atomic mass is 32.2. The average Bonchev–Trinajstić information content (AvgIpc) is 2.53. The third-order valence-corrected chi connectivity index (χ3v) is 3.38. The zero-order chi connectivity index (χ0) is 10.8. The van der Waals surface area contributed by atoms with Crippen LogP contribution in [0.2, 0.25) is 0 Å². The summed E-state index contributed by atoms with van der Waals surface area (Å²) in [5, 5.41) is 8.46. The average molecular weight is 214 g/mol. The molecule has 0 aliphatic carbocycles. The van der Waals surface area contributed by atoms with E-state index in [1.165, 1.54) is 26.5 Å². The highest BCUT2D eigenvalue weighted by Crippen LogP contribution is 2.05. The molecule has 1 rings (SSSR count). The van der Waals surface area contributed by atoms with Crippen LogP contribution in [0.4, 0.5) is 0 Å². The molecular formula is C7H10N4O2S. The van der Waals surface area contributed by atoms with E-state index in [-0.39, 0.29) is 12.2 Å². The molecule has 7 heteroatoms. The van der Waals surface area contributed by atoms with Crippen molar-refractivity contribution >= 4 is 10.2 Å². The normalized spacial score (nSPS) is 11.6. The van der Waals surface area contributed by atoms with Crippen LogP contribution in [0.5, 0.6) is 0 Å². The van der Waals surface area contributed by atoms with Crippen molar-refractivity contribution in [3.63, 3.8) is 0 Å².